The first kappa shape index (κ1) is 36.2. The number of thiophene rings is 1. The van der Waals surface area contributed by atoms with Gasteiger partial charge in [-0.25, -0.2) is 4.90 Å². The Labute approximate surface area is 340 Å². The smallest absolute Gasteiger partial charge is 0.269 e. The normalized spacial score (nSPS) is 25.4. The van der Waals surface area contributed by atoms with E-state index in [0.29, 0.717) is 27.3 Å². The fourth-order valence-corrected chi connectivity index (χ4v) is 11.6. The number of carbonyl (C=O) groups excluding carboxylic acids is 4. The molecule has 14 heteroatoms. The van der Waals surface area contributed by atoms with Crippen LogP contribution < -0.4 is 9.80 Å². The average Bonchev–Trinajstić information content (AvgIpc) is 3.88. The highest BCUT2D eigenvalue weighted by Gasteiger charge is 2.68. The van der Waals surface area contributed by atoms with Crippen LogP contribution in [0.5, 0.6) is 5.75 Å². The summed E-state index contributed by atoms with van der Waals surface area (Å²) in [5, 5.41) is 30.0. The minimum atomic E-state index is -1.33. The fraction of sp³-hybridized carbons (Fsp3) is 0.250. The molecule has 58 heavy (non-hydrogen) atoms. The number of non-ortho nitro benzene ring substituents is 1. The van der Waals surface area contributed by atoms with Crippen LogP contribution in [0.4, 0.5) is 17.2 Å². The van der Waals surface area contributed by atoms with Crippen LogP contribution in [0.1, 0.15) is 36.8 Å². The molecule has 4 heterocycles. The van der Waals surface area contributed by atoms with Crippen LogP contribution in [0.2, 0.25) is 5.02 Å². The number of phenols is 1. The van der Waals surface area contributed by atoms with Crippen LogP contribution in [0.15, 0.2) is 96.6 Å². The Morgan fingerprint density at radius 3 is 2.38 bits per heavy atom. The molecule has 0 bridgehead atoms. The number of allylic oxidation sites excluding steroid dienone is 2. The number of amides is 4. The molecule has 0 unspecified atom stereocenters. The number of carbonyl (C=O) groups is 4. The van der Waals surface area contributed by atoms with E-state index in [1.165, 1.54) is 29.2 Å². The molecule has 4 amide bonds. The number of fused-ring (bicyclic) bond motifs is 6. The van der Waals surface area contributed by atoms with Crippen molar-refractivity contribution >= 4 is 84.6 Å². The predicted molar refractivity (Wildman–Crippen MR) is 220 cm³/mol. The quantitative estimate of drug-likeness (QED) is 0.0787. The van der Waals surface area contributed by atoms with Crippen LogP contribution >= 0.6 is 22.9 Å². The number of hydrogen-bond donors (Lipinski definition) is 1. The molecule has 3 fully saturated rings. The second kappa shape index (κ2) is 12.7. The zero-order valence-corrected chi connectivity index (χ0v) is 33.0. The summed E-state index contributed by atoms with van der Waals surface area (Å²) in [7, 11) is 1.71. The van der Waals surface area contributed by atoms with E-state index in [2.05, 4.69) is 0 Å². The molecule has 2 aliphatic carbocycles. The molecule has 4 aliphatic rings. The first-order valence-corrected chi connectivity index (χ1v) is 20.1. The van der Waals surface area contributed by atoms with Gasteiger partial charge in [0.25, 0.3) is 5.69 Å². The van der Waals surface area contributed by atoms with E-state index in [1.807, 2.05) is 56.3 Å². The van der Waals surface area contributed by atoms with Gasteiger partial charge in [0.05, 0.1) is 38.7 Å². The fourth-order valence-electron chi connectivity index (χ4n) is 10.3. The number of halogens is 1. The molecule has 2 aromatic heterocycles. The Kier molecular flexibility index (Phi) is 7.90. The van der Waals surface area contributed by atoms with Crippen molar-refractivity contribution in [1.29, 1.82) is 0 Å². The molecule has 12 nitrogen and oxygen atoms in total. The Balaban J connectivity index is 1.10. The van der Waals surface area contributed by atoms with Crippen molar-refractivity contribution in [3.8, 4) is 16.3 Å². The van der Waals surface area contributed by atoms with E-state index < -0.39 is 63.6 Å². The first-order valence-electron chi connectivity index (χ1n) is 18.9. The van der Waals surface area contributed by atoms with Crippen molar-refractivity contribution in [2.75, 3.05) is 9.80 Å². The van der Waals surface area contributed by atoms with Gasteiger partial charge in [0, 0.05) is 46.3 Å². The Morgan fingerprint density at radius 1 is 0.897 bits per heavy atom. The number of aromatic nitrogens is 2. The molecule has 6 aromatic rings. The van der Waals surface area contributed by atoms with Gasteiger partial charge in [-0.3, -0.25) is 38.9 Å². The third-order valence-electron chi connectivity index (χ3n) is 13.1. The zero-order valence-electron chi connectivity index (χ0n) is 31.4. The topological polar surface area (TPSA) is 156 Å². The van der Waals surface area contributed by atoms with Crippen molar-refractivity contribution in [3.63, 3.8) is 0 Å². The van der Waals surface area contributed by atoms with Gasteiger partial charge < -0.3 is 5.11 Å². The zero-order chi connectivity index (χ0) is 40.5. The predicted octanol–water partition coefficient (Wildman–Crippen LogP) is 8.47. The Hall–Kier alpha value is -6.18. The molecule has 0 spiro atoms. The third kappa shape index (κ3) is 4.89. The number of aryl methyl sites for hydroxylation is 2. The molecular formula is C44H34ClN5O7S. The lowest BCUT2D eigenvalue weighted by Gasteiger charge is -2.49. The average molecular weight is 812 g/mol. The Bertz CT molecular complexity index is 2880. The van der Waals surface area contributed by atoms with Crippen LogP contribution in [-0.2, 0) is 26.2 Å². The highest BCUT2D eigenvalue weighted by Crippen LogP contribution is 2.64. The maximum absolute atomic E-state index is 15.3. The monoisotopic (exact) mass is 811 g/mol. The molecule has 6 atom stereocenters. The maximum atomic E-state index is 15.3. The molecule has 10 rings (SSSR count). The summed E-state index contributed by atoms with van der Waals surface area (Å²) >= 11 is 7.88. The van der Waals surface area contributed by atoms with E-state index >= 15 is 9.59 Å². The minimum Gasteiger partial charge on any atom is -0.507 e. The summed E-state index contributed by atoms with van der Waals surface area (Å²) in [5.41, 5.74) is 1.86. The van der Waals surface area contributed by atoms with E-state index in [0.717, 1.165) is 36.6 Å². The number of imide groups is 2. The highest BCUT2D eigenvalue weighted by molar-refractivity contribution is 7.22. The van der Waals surface area contributed by atoms with Gasteiger partial charge in [-0.1, -0.05) is 53.6 Å². The summed E-state index contributed by atoms with van der Waals surface area (Å²) in [6, 6.07) is 23.5. The maximum Gasteiger partial charge on any atom is 0.269 e. The number of phenolic OH excluding ortho intramolecular Hbond substituents is 1. The van der Waals surface area contributed by atoms with Gasteiger partial charge >= 0.3 is 0 Å². The summed E-state index contributed by atoms with van der Waals surface area (Å²) in [6.45, 7) is 3.82. The number of rotatable bonds is 5. The van der Waals surface area contributed by atoms with Gasteiger partial charge in [0.1, 0.15) is 17.3 Å². The van der Waals surface area contributed by atoms with Crippen molar-refractivity contribution in [2.24, 2.45) is 36.1 Å². The molecule has 1 saturated carbocycles. The van der Waals surface area contributed by atoms with Crippen LogP contribution in [0.25, 0.3) is 31.4 Å². The van der Waals surface area contributed by atoms with E-state index in [9.17, 15) is 24.8 Å². The lowest BCUT2D eigenvalue weighted by Crippen LogP contribution is -2.49. The summed E-state index contributed by atoms with van der Waals surface area (Å²) in [6.07, 6.45) is 2.35. The SMILES string of the molecule is Cc1c(-c2cc(N3C(=O)[C@@H]4C[C@@H]5C(=CC[C@@H]6C(=O)N(c7ccc([N+](=O)[O-])cc7)C(=O)[C@@H]65)[C@H](c5ccc(O)c6ccccc56)[C@]4(C)C3=O)n(C)n2)sc2ccc(Cl)cc12. The van der Waals surface area contributed by atoms with Gasteiger partial charge in [-0.2, -0.15) is 5.10 Å². The number of nitro groups is 1. The van der Waals surface area contributed by atoms with Crippen LogP contribution in [0, 0.1) is 46.1 Å². The first-order chi connectivity index (χ1) is 27.8. The van der Waals surface area contributed by atoms with Gasteiger partial charge in [0.15, 0.2) is 0 Å². The number of benzene rings is 4. The summed E-state index contributed by atoms with van der Waals surface area (Å²) < 4.78 is 2.58. The number of hydrogen-bond acceptors (Lipinski definition) is 9. The standard InChI is InChI=1S/C44H34ClN5O7S/c1-21-30-18-22(45)8-17-35(30)58-39(21)33-20-36(47(3)46-33)49-41(53)32-19-31-28(38(44(32,2)43(49)55)27-15-16-34(51)26-7-5-4-6-25(26)27)13-14-29-37(31)42(54)48(40(29)52)23-9-11-24(12-10-23)50(56)57/h4-13,15-18,20,29,31-32,37-38,51H,14,19H2,1-3H3/t29-,31+,32-,37-,38-,44+/m0/s1. The number of nitrogens with zero attached hydrogens (tertiary/aromatic N) is 5. The van der Waals surface area contributed by atoms with Gasteiger partial charge in [-0.05, 0) is 90.9 Å². The largest absolute Gasteiger partial charge is 0.507 e. The van der Waals surface area contributed by atoms with Crippen molar-refractivity contribution in [3.05, 3.63) is 123 Å². The lowest BCUT2D eigenvalue weighted by molar-refractivity contribution is -0.384. The van der Waals surface area contributed by atoms with Crippen molar-refractivity contribution < 1.29 is 29.2 Å². The van der Waals surface area contributed by atoms with Gasteiger partial charge in [-0.15, -0.1) is 11.3 Å². The number of aromatic hydroxyl groups is 1. The Morgan fingerprint density at radius 2 is 1.64 bits per heavy atom. The molecule has 4 aromatic carbocycles. The number of anilines is 2. The second-order valence-corrected chi connectivity index (χ2v) is 17.4. The van der Waals surface area contributed by atoms with Crippen molar-refractivity contribution in [2.45, 2.75) is 32.6 Å². The van der Waals surface area contributed by atoms with Gasteiger partial charge in [0.2, 0.25) is 23.6 Å². The summed E-state index contributed by atoms with van der Waals surface area (Å²) in [5.74, 6) is -5.01. The third-order valence-corrected chi connectivity index (χ3v) is 14.6. The molecular weight excluding hydrogens is 778 g/mol. The second-order valence-electron chi connectivity index (χ2n) is 15.9. The molecule has 2 aliphatic heterocycles. The van der Waals surface area contributed by atoms with E-state index in [1.54, 1.807) is 47.3 Å². The molecule has 1 N–H and O–H groups in total. The van der Waals surface area contributed by atoms with E-state index in [-0.39, 0.29) is 30.0 Å². The van der Waals surface area contributed by atoms with E-state index in [4.69, 9.17) is 16.7 Å². The minimum absolute atomic E-state index is 0.0677. The highest BCUT2D eigenvalue weighted by atomic mass is 35.5. The van der Waals surface area contributed by atoms with Crippen LogP contribution in [-0.4, -0.2) is 43.4 Å². The molecule has 2 saturated heterocycles. The lowest BCUT2D eigenvalue weighted by atomic mass is 9.51. The summed E-state index contributed by atoms with van der Waals surface area (Å²) in [4.78, 5) is 73.1. The number of nitro benzene ring substituents is 1. The van der Waals surface area contributed by atoms with Crippen LogP contribution in [0.3, 0.4) is 0 Å². The van der Waals surface area contributed by atoms with Crippen molar-refractivity contribution in [1.82, 2.24) is 9.78 Å². The molecule has 0 radical (unpaired) electrons. The molecule has 290 valence electrons.